The summed E-state index contributed by atoms with van der Waals surface area (Å²) in [6.45, 7) is 0. The summed E-state index contributed by atoms with van der Waals surface area (Å²) < 4.78 is 13.7. The topological polar surface area (TPSA) is 108 Å². The summed E-state index contributed by atoms with van der Waals surface area (Å²) >= 11 is 0. The number of nitrogens with zero attached hydrogens (tertiary/aromatic N) is 1. The molecule has 1 fully saturated rings. The highest BCUT2D eigenvalue weighted by Gasteiger charge is 2.38. The zero-order valence-corrected chi connectivity index (χ0v) is 17.6. The fraction of sp³-hybridized carbons (Fsp3) is 0.200. The Labute approximate surface area is 189 Å². The van der Waals surface area contributed by atoms with Crippen LogP contribution in [0, 0.1) is 17.7 Å². The number of anilines is 2. The van der Waals surface area contributed by atoms with Crippen molar-refractivity contribution in [2.75, 3.05) is 10.6 Å². The lowest BCUT2D eigenvalue weighted by atomic mass is 9.90. The summed E-state index contributed by atoms with van der Waals surface area (Å²) in [6, 6.07) is 15.7. The summed E-state index contributed by atoms with van der Waals surface area (Å²) in [5.74, 6) is -2.86. The first-order valence-corrected chi connectivity index (χ1v) is 10.6. The second-order valence-electron chi connectivity index (χ2n) is 7.91. The van der Waals surface area contributed by atoms with E-state index in [0.717, 1.165) is 17.5 Å². The van der Waals surface area contributed by atoms with Crippen molar-refractivity contribution >= 4 is 29.2 Å². The van der Waals surface area contributed by atoms with E-state index in [4.69, 9.17) is 0 Å². The molecule has 8 heteroatoms. The van der Waals surface area contributed by atoms with Gasteiger partial charge in [-0.3, -0.25) is 14.6 Å². The third kappa shape index (κ3) is 5.06. The number of aliphatic carboxylic acids is 1. The Balaban J connectivity index is 1.40. The second-order valence-corrected chi connectivity index (χ2v) is 7.91. The number of amides is 2. The number of para-hydroxylation sites is 1. The fourth-order valence-corrected chi connectivity index (χ4v) is 4.06. The number of ketones is 1. The molecule has 2 aromatic carbocycles. The summed E-state index contributed by atoms with van der Waals surface area (Å²) in [5, 5.41) is 14.4. The van der Waals surface area contributed by atoms with Crippen molar-refractivity contribution in [1.29, 1.82) is 0 Å². The number of carbonyl (C=O) groups is 3. The lowest BCUT2D eigenvalue weighted by Gasteiger charge is -2.14. The molecule has 3 N–H and O–H groups in total. The first-order valence-electron chi connectivity index (χ1n) is 10.6. The molecule has 0 aliphatic heterocycles. The van der Waals surface area contributed by atoms with E-state index in [1.54, 1.807) is 48.7 Å². The van der Waals surface area contributed by atoms with E-state index in [0.29, 0.717) is 18.5 Å². The van der Waals surface area contributed by atoms with Crippen LogP contribution in [0.4, 0.5) is 20.6 Å². The molecule has 0 unspecified atom stereocenters. The Kier molecular flexibility index (Phi) is 6.44. The van der Waals surface area contributed by atoms with Crippen LogP contribution in [0.15, 0.2) is 66.9 Å². The number of carbonyl (C=O) groups excluding carboxylic acids is 2. The highest BCUT2D eigenvalue weighted by atomic mass is 19.1. The monoisotopic (exact) mass is 447 g/mol. The van der Waals surface area contributed by atoms with Crippen molar-refractivity contribution in [3.63, 3.8) is 0 Å². The number of benzene rings is 2. The molecule has 2 amide bonds. The zero-order chi connectivity index (χ0) is 23.4. The Hall–Kier alpha value is -4.07. The largest absolute Gasteiger partial charge is 0.481 e. The minimum absolute atomic E-state index is 0.0830. The Morgan fingerprint density at radius 1 is 0.879 bits per heavy atom. The Bertz CT molecular complexity index is 1180. The minimum atomic E-state index is -0.932. The van der Waals surface area contributed by atoms with Crippen molar-refractivity contribution in [3.05, 3.63) is 78.4 Å². The van der Waals surface area contributed by atoms with E-state index >= 15 is 0 Å². The molecule has 1 heterocycles. The van der Waals surface area contributed by atoms with Crippen molar-refractivity contribution in [2.24, 2.45) is 11.8 Å². The molecule has 0 radical (unpaired) electrons. The first-order chi connectivity index (χ1) is 15.9. The van der Waals surface area contributed by atoms with Gasteiger partial charge in [-0.15, -0.1) is 0 Å². The zero-order valence-electron chi connectivity index (χ0n) is 17.6. The van der Waals surface area contributed by atoms with Crippen LogP contribution in [-0.2, 0) is 4.79 Å². The number of Topliss-reactive ketones (excluding diaryl/α,β-unsaturated/α-hetero) is 1. The number of rotatable bonds is 6. The molecule has 4 rings (SSSR count). The number of halogens is 1. The van der Waals surface area contributed by atoms with Crippen LogP contribution in [0.25, 0.3) is 11.1 Å². The van der Waals surface area contributed by atoms with Gasteiger partial charge in [0.05, 0.1) is 11.6 Å². The molecule has 7 nitrogen and oxygen atoms in total. The summed E-state index contributed by atoms with van der Waals surface area (Å²) in [6.07, 6.45) is 3.39. The van der Waals surface area contributed by atoms with Gasteiger partial charge in [0.25, 0.3) is 0 Å². The van der Waals surface area contributed by atoms with E-state index in [9.17, 15) is 23.9 Å². The predicted octanol–water partition coefficient (Wildman–Crippen LogP) is 5.22. The molecule has 1 aliphatic rings. The standard InChI is InChI=1S/C25H22FN3O4/c26-20-6-1-2-7-21(20)29-25(33)28-17-11-8-15(9-12-17)16-10-13-22(27-14-16)23(30)18-4-3-5-19(18)24(31)32/h1-2,6-14,18-19H,3-5H2,(H,31,32)(H2,28,29,33)/t18-,19-/m0/s1. The number of pyridine rings is 1. The summed E-state index contributed by atoms with van der Waals surface area (Å²) in [7, 11) is 0. The highest BCUT2D eigenvalue weighted by molar-refractivity contribution is 6.00. The van der Waals surface area contributed by atoms with E-state index in [1.165, 1.54) is 18.2 Å². The Morgan fingerprint density at radius 2 is 1.58 bits per heavy atom. The third-order valence-electron chi connectivity index (χ3n) is 5.78. The number of carboxylic acids is 1. The van der Waals surface area contributed by atoms with Gasteiger partial charge in [0.2, 0.25) is 0 Å². The van der Waals surface area contributed by atoms with Crippen molar-refractivity contribution < 1.29 is 23.9 Å². The number of hydrogen-bond donors (Lipinski definition) is 3. The van der Waals surface area contributed by atoms with Gasteiger partial charge in [0.1, 0.15) is 11.5 Å². The smallest absolute Gasteiger partial charge is 0.323 e. The van der Waals surface area contributed by atoms with Crippen molar-refractivity contribution in [3.8, 4) is 11.1 Å². The van der Waals surface area contributed by atoms with Gasteiger partial charge in [-0.25, -0.2) is 9.18 Å². The number of nitrogens with one attached hydrogen (secondary N) is 2. The summed E-state index contributed by atoms with van der Waals surface area (Å²) in [5.41, 5.74) is 2.47. The van der Waals surface area contributed by atoms with Gasteiger partial charge in [-0.05, 0) is 48.7 Å². The van der Waals surface area contributed by atoms with Gasteiger partial charge >= 0.3 is 12.0 Å². The fourth-order valence-electron chi connectivity index (χ4n) is 4.06. The SMILES string of the molecule is O=C(Nc1ccc(-c2ccc(C(=O)[C@H]3CCC[C@@H]3C(=O)O)nc2)cc1)Nc1ccccc1F. The second kappa shape index (κ2) is 9.60. The van der Waals surface area contributed by atoms with E-state index in [1.807, 2.05) is 0 Å². The number of urea groups is 1. The molecular weight excluding hydrogens is 425 g/mol. The molecular formula is C25H22FN3O4. The van der Waals surface area contributed by atoms with Crippen LogP contribution in [0.1, 0.15) is 29.8 Å². The predicted molar refractivity (Wildman–Crippen MR) is 122 cm³/mol. The Morgan fingerprint density at radius 3 is 2.24 bits per heavy atom. The van der Waals surface area contributed by atoms with Gasteiger partial charge in [0, 0.05) is 23.4 Å². The molecule has 0 bridgehead atoms. The third-order valence-corrected chi connectivity index (χ3v) is 5.78. The molecule has 1 aromatic heterocycles. The van der Waals surface area contributed by atoms with Crippen LogP contribution >= 0.6 is 0 Å². The molecule has 0 saturated heterocycles. The van der Waals surface area contributed by atoms with Crippen LogP contribution in [0.2, 0.25) is 0 Å². The summed E-state index contributed by atoms with van der Waals surface area (Å²) in [4.78, 5) is 40.4. The average molecular weight is 447 g/mol. The highest BCUT2D eigenvalue weighted by Crippen LogP contribution is 2.34. The quantitative estimate of drug-likeness (QED) is 0.449. The van der Waals surface area contributed by atoms with Gasteiger partial charge < -0.3 is 15.7 Å². The lowest BCUT2D eigenvalue weighted by Crippen LogP contribution is -2.25. The first kappa shape index (κ1) is 22.1. The van der Waals surface area contributed by atoms with Gasteiger partial charge in [-0.1, -0.05) is 36.8 Å². The lowest BCUT2D eigenvalue weighted by molar-refractivity contribution is -0.142. The average Bonchev–Trinajstić information content (AvgIpc) is 3.31. The van der Waals surface area contributed by atoms with Gasteiger partial charge in [-0.2, -0.15) is 0 Å². The van der Waals surface area contributed by atoms with E-state index in [2.05, 4.69) is 15.6 Å². The maximum absolute atomic E-state index is 13.7. The van der Waals surface area contributed by atoms with Gasteiger partial charge in [0.15, 0.2) is 5.78 Å². The van der Waals surface area contributed by atoms with Crippen LogP contribution in [-0.4, -0.2) is 27.9 Å². The van der Waals surface area contributed by atoms with E-state index in [-0.39, 0.29) is 17.2 Å². The van der Waals surface area contributed by atoms with E-state index < -0.39 is 29.7 Å². The minimum Gasteiger partial charge on any atom is -0.481 e. The van der Waals surface area contributed by atoms with Crippen LogP contribution in [0.5, 0.6) is 0 Å². The molecule has 168 valence electrons. The molecule has 3 aromatic rings. The maximum atomic E-state index is 13.7. The number of aromatic nitrogens is 1. The maximum Gasteiger partial charge on any atom is 0.323 e. The van der Waals surface area contributed by atoms with Crippen LogP contribution < -0.4 is 10.6 Å². The molecule has 33 heavy (non-hydrogen) atoms. The molecule has 1 aliphatic carbocycles. The molecule has 0 spiro atoms. The number of hydrogen-bond acceptors (Lipinski definition) is 4. The van der Waals surface area contributed by atoms with Crippen LogP contribution in [0.3, 0.4) is 0 Å². The normalized spacial score (nSPS) is 17.4. The van der Waals surface area contributed by atoms with Crippen molar-refractivity contribution in [2.45, 2.75) is 19.3 Å². The molecule has 2 atom stereocenters. The molecule has 1 saturated carbocycles. The van der Waals surface area contributed by atoms with Crippen molar-refractivity contribution in [1.82, 2.24) is 4.98 Å². The number of carboxylic acid groups (broad SMARTS) is 1.